The summed E-state index contributed by atoms with van der Waals surface area (Å²) in [6.07, 6.45) is 2.78. The molecule has 110 valence electrons. The van der Waals surface area contributed by atoms with Gasteiger partial charge in [-0.15, -0.1) is 0 Å². The van der Waals surface area contributed by atoms with Crippen LogP contribution in [0.4, 0.5) is 5.69 Å². The van der Waals surface area contributed by atoms with E-state index in [9.17, 15) is 4.79 Å². The average molecular weight is 285 g/mol. The maximum absolute atomic E-state index is 11.3. The molecule has 1 heterocycles. The summed E-state index contributed by atoms with van der Waals surface area (Å²) in [4.78, 5) is 15.6. The number of esters is 1. The van der Waals surface area contributed by atoms with E-state index in [0.717, 1.165) is 24.3 Å². The lowest BCUT2D eigenvalue weighted by Crippen LogP contribution is -2.24. The van der Waals surface area contributed by atoms with Gasteiger partial charge in [-0.25, -0.2) is 10.2 Å². The zero-order valence-corrected chi connectivity index (χ0v) is 12.2. The molecule has 0 amide bonds. The molecule has 0 atom stereocenters. The molecule has 0 fully saturated rings. The number of anilines is 1. The Hall–Kier alpha value is -2.40. The van der Waals surface area contributed by atoms with E-state index in [1.165, 1.54) is 12.7 Å². The molecule has 0 aliphatic carbocycles. The summed E-state index contributed by atoms with van der Waals surface area (Å²) in [6, 6.07) is 11.2. The predicted molar refractivity (Wildman–Crippen MR) is 82.1 cm³/mol. The number of hydrazine groups is 1. The van der Waals surface area contributed by atoms with Crippen molar-refractivity contribution >= 4 is 11.7 Å². The van der Waals surface area contributed by atoms with Crippen LogP contribution in [0.15, 0.2) is 42.6 Å². The van der Waals surface area contributed by atoms with Crippen LogP contribution in [0.5, 0.6) is 0 Å². The fraction of sp³-hybridized carbons (Fsp3) is 0.250. The van der Waals surface area contributed by atoms with Crippen molar-refractivity contribution in [2.24, 2.45) is 0 Å². The number of aromatic nitrogens is 1. The summed E-state index contributed by atoms with van der Waals surface area (Å²) >= 11 is 0. The Morgan fingerprint density at radius 1 is 1.19 bits per heavy atom. The molecule has 21 heavy (non-hydrogen) atoms. The zero-order valence-electron chi connectivity index (χ0n) is 12.2. The van der Waals surface area contributed by atoms with Crippen molar-refractivity contribution in [1.29, 1.82) is 0 Å². The van der Waals surface area contributed by atoms with Crippen LogP contribution in [0, 0.1) is 6.92 Å². The van der Waals surface area contributed by atoms with Crippen LogP contribution < -0.4 is 10.9 Å². The van der Waals surface area contributed by atoms with Gasteiger partial charge >= 0.3 is 5.97 Å². The molecular formula is C16H19N3O2. The first-order valence-corrected chi connectivity index (χ1v) is 6.78. The third kappa shape index (κ3) is 4.57. The molecule has 0 saturated heterocycles. The van der Waals surface area contributed by atoms with Crippen LogP contribution in [0.25, 0.3) is 0 Å². The van der Waals surface area contributed by atoms with Crippen molar-refractivity contribution in [3.63, 3.8) is 0 Å². The molecule has 0 unspecified atom stereocenters. The topological polar surface area (TPSA) is 63.2 Å². The quantitative estimate of drug-likeness (QED) is 0.484. The van der Waals surface area contributed by atoms with Crippen molar-refractivity contribution in [1.82, 2.24) is 10.4 Å². The highest BCUT2D eigenvalue weighted by Gasteiger charge is 2.03. The maximum atomic E-state index is 11.3. The number of aryl methyl sites for hydroxylation is 1. The average Bonchev–Trinajstić information content (AvgIpc) is 2.53. The summed E-state index contributed by atoms with van der Waals surface area (Å²) in [5.41, 5.74) is 9.86. The van der Waals surface area contributed by atoms with E-state index in [1.54, 1.807) is 12.1 Å². The smallest absolute Gasteiger partial charge is 0.337 e. The normalized spacial score (nSPS) is 10.2. The second kappa shape index (κ2) is 7.40. The summed E-state index contributed by atoms with van der Waals surface area (Å²) < 4.78 is 4.65. The SMILES string of the molecule is COC(=O)c1ccc(NNCCc2ccc(C)nc2)cc1. The van der Waals surface area contributed by atoms with Gasteiger partial charge in [0.15, 0.2) is 0 Å². The first kappa shape index (κ1) is 15.0. The van der Waals surface area contributed by atoms with E-state index in [2.05, 4.69) is 26.6 Å². The number of nitrogens with one attached hydrogen (secondary N) is 2. The Labute approximate surface area is 124 Å². The Morgan fingerprint density at radius 2 is 1.95 bits per heavy atom. The molecule has 0 spiro atoms. The number of pyridine rings is 1. The van der Waals surface area contributed by atoms with E-state index in [0.29, 0.717) is 5.56 Å². The molecule has 0 saturated carbocycles. The number of methoxy groups -OCH3 is 1. The van der Waals surface area contributed by atoms with Crippen molar-refractivity contribution in [3.05, 3.63) is 59.4 Å². The second-order valence-electron chi connectivity index (χ2n) is 4.68. The number of benzene rings is 1. The molecule has 5 nitrogen and oxygen atoms in total. The highest BCUT2D eigenvalue weighted by molar-refractivity contribution is 5.89. The monoisotopic (exact) mass is 285 g/mol. The minimum atomic E-state index is -0.332. The number of nitrogens with zero attached hydrogens (tertiary/aromatic N) is 1. The molecule has 5 heteroatoms. The van der Waals surface area contributed by atoms with Gasteiger partial charge in [0, 0.05) is 24.1 Å². The van der Waals surface area contributed by atoms with Gasteiger partial charge in [0.25, 0.3) is 0 Å². The second-order valence-corrected chi connectivity index (χ2v) is 4.68. The maximum Gasteiger partial charge on any atom is 0.337 e. The van der Waals surface area contributed by atoms with E-state index in [1.807, 2.05) is 31.3 Å². The number of carbonyl (C=O) groups is 1. The summed E-state index contributed by atoms with van der Waals surface area (Å²) in [5, 5.41) is 0. The van der Waals surface area contributed by atoms with E-state index < -0.39 is 0 Å². The molecule has 0 aliphatic heterocycles. The lowest BCUT2D eigenvalue weighted by atomic mass is 10.2. The van der Waals surface area contributed by atoms with Crippen LogP contribution in [-0.4, -0.2) is 24.6 Å². The number of ether oxygens (including phenoxy) is 1. The van der Waals surface area contributed by atoms with E-state index in [4.69, 9.17) is 0 Å². The molecule has 1 aromatic heterocycles. The molecule has 0 aliphatic rings. The van der Waals surface area contributed by atoms with Crippen LogP contribution >= 0.6 is 0 Å². The lowest BCUT2D eigenvalue weighted by Gasteiger charge is -2.09. The Morgan fingerprint density at radius 3 is 2.57 bits per heavy atom. The van der Waals surface area contributed by atoms with Gasteiger partial charge in [0.2, 0.25) is 0 Å². The molecular weight excluding hydrogens is 266 g/mol. The minimum absolute atomic E-state index is 0.332. The standard InChI is InChI=1S/C16H19N3O2/c1-12-3-4-13(11-17-12)9-10-18-19-15-7-5-14(6-8-15)16(20)21-2/h3-8,11,18-19H,9-10H2,1-2H3. The predicted octanol–water partition coefficient (Wildman–Crippen LogP) is 2.34. The largest absolute Gasteiger partial charge is 0.465 e. The molecule has 0 bridgehead atoms. The zero-order chi connectivity index (χ0) is 15.1. The Kier molecular flexibility index (Phi) is 5.29. The van der Waals surface area contributed by atoms with Gasteiger partial charge < -0.3 is 10.2 Å². The van der Waals surface area contributed by atoms with Gasteiger partial charge in [-0.1, -0.05) is 6.07 Å². The van der Waals surface area contributed by atoms with Gasteiger partial charge in [-0.05, 0) is 49.2 Å². The first-order valence-electron chi connectivity index (χ1n) is 6.78. The summed E-state index contributed by atoms with van der Waals surface area (Å²) in [7, 11) is 1.37. The first-order chi connectivity index (χ1) is 10.2. The molecule has 2 aromatic rings. The van der Waals surface area contributed by atoms with Crippen molar-refractivity contribution in [2.75, 3.05) is 19.1 Å². The van der Waals surface area contributed by atoms with Gasteiger partial charge in [0.05, 0.1) is 12.7 Å². The number of carbonyl (C=O) groups excluding carboxylic acids is 1. The van der Waals surface area contributed by atoms with Crippen LogP contribution in [0.1, 0.15) is 21.6 Å². The fourth-order valence-electron chi connectivity index (χ4n) is 1.83. The summed E-state index contributed by atoms with van der Waals surface area (Å²) in [6.45, 7) is 2.76. The molecule has 2 rings (SSSR count). The van der Waals surface area contributed by atoms with Gasteiger partial charge in [-0.2, -0.15) is 0 Å². The highest BCUT2D eigenvalue weighted by atomic mass is 16.5. The fourth-order valence-corrected chi connectivity index (χ4v) is 1.83. The Bertz CT molecular complexity index is 579. The van der Waals surface area contributed by atoms with Crippen LogP contribution in [0.2, 0.25) is 0 Å². The van der Waals surface area contributed by atoms with Crippen molar-refractivity contribution in [3.8, 4) is 0 Å². The lowest BCUT2D eigenvalue weighted by molar-refractivity contribution is 0.0601. The highest BCUT2D eigenvalue weighted by Crippen LogP contribution is 2.09. The van der Waals surface area contributed by atoms with Crippen LogP contribution in [0.3, 0.4) is 0 Å². The van der Waals surface area contributed by atoms with Crippen molar-refractivity contribution in [2.45, 2.75) is 13.3 Å². The van der Waals surface area contributed by atoms with E-state index >= 15 is 0 Å². The van der Waals surface area contributed by atoms with Gasteiger partial charge in [0.1, 0.15) is 0 Å². The minimum Gasteiger partial charge on any atom is -0.465 e. The third-order valence-corrected chi connectivity index (χ3v) is 3.05. The number of hydrogen-bond acceptors (Lipinski definition) is 5. The summed E-state index contributed by atoms with van der Waals surface area (Å²) in [5.74, 6) is -0.332. The number of hydrogen-bond donors (Lipinski definition) is 2. The van der Waals surface area contributed by atoms with E-state index in [-0.39, 0.29) is 5.97 Å². The molecule has 1 aromatic carbocycles. The van der Waals surface area contributed by atoms with Gasteiger partial charge in [-0.3, -0.25) is 4.98 Å². The number of rotatable bonds is 6. The Balaban J connectivity index is 1.75. The van der Waals surface area contributed by atoms with Crippen molar-refractivity contribution < 1.29 is 9.53 Å². The third-order valence-electron chi connectivity index (χ3n) is 3.05. The molecule has 0 radical (unpaired) electrons. The van der Waals surface area contributed by atoms with Crippen LogP contribution in [-0.2, 0) is 11.2 Å². The molecule has 2 N–H and O–H groups in total.